The van der Waals surface area contributed by atoms with Crippen molar-refractivity contribution in [3.8, 4) is 11.3 Å². The fourth-order valence-electron chi connectivity index (χ4n) is 3.07. The zero-order valence-corrected chi connectivity index (χ0v) is 15.2. The molecule has 4 heterocycles. The van der Waals surface area contributed by atoms with E-state index in [4.69, 9.17) is 9.72 Å². The molecule has 0 unspecified atom stereocenters. The highest BCUT2D eigenvalue weighted by atomic mass is 127. The minimum atomic E-state index is -0.502. The predicted octanol–water partition coefficient (Wildman–Crippen LogP) is 3.59. The van der Waals surface area contributed by atoms with Gasteiger partial charge in [0.15, 0.2) is 0 Å². The number of aromatic amines is 1. The van der Waals surface area contributed by atoms with E-state index >= 15 is 0 Å². The summed E-state index contributed by atoms with van der Waals surface area (Å²) in [7, 11) is 0. The summed E-state index contributed by atoms with van der Waals surface area (Å²) in [5, 5.41) is 0.790. The number of morpholine rings is 1. The van der Waals surface area contributed by atoms with Crippen molar-refractivity contribution in [2.24, 2.45) is 0 Å². The normalized spacial score (nSPS) is 18.3. The second-order valence-corrected chi connectivity index (χ2v) is 7.12. The molecule has 1 aliphatic rings. The van der Waals surface area contributed by atoms with E-state index in [9.17, 15) is 4.39 Å². The molecule has 1 N–H and O–H groups in total. The molecule has 1 aliphatic heterocycles. The molecule has 1 saturated heterocycles. The van der Waals surface area contributed by atoms with Gasteiger partial charge in [0.25, 0.3) is 0 Å². The molecule has 24 heavy (non-hydrogen) atoms. The third kappa shape index (κ3) is 2.75. The van der Waals surface area contributed by atoms with Crippen LogP contribution in [0.3, 0.4) is 0 Å². The van der Waals surface area contributed by atoms with Gasteiger partial charge < -0.3 is 14.6 Å². The molecule has 124 valence electrons. The van der Waals surface area contributed by atoms with E-state index in [1.165, 1.54) is 6.20 Å². The van der Waals surface area contributed by atoms with Crippen molar-refractivity contribution < 1.29 is 9.13 Å². The standard InChI is InChI=1S/C17H16FIN4O/c1-10-9-24-5-4-23(10)15-7-11(19)6-13(22-15)16-12-2-3-20-14(12)8-21-17(16)18/h2-3,6-8,10,20H,4-5,9H2,1H3/t10-/m1/s1. The Morgan fingerprint density at radius 3 is 3.12 bits per heavy atom. The maximum Gasteiger partial charge on any atom is 0.223 e. The number of ether oxygens (including phenoxy) is 1. The first-order chi connectivity index (χ1) is 11.6. The Hall–Kier alpha value is -1.74. The van der Waals surface area contributed by atoms with Crippen molar-refractivity contribution in [2.45, 2.75) is 13.0 Å². The molecule has 0 saturated carbocycles. The minimum absolute atomic E-state index is 0.239. The first kappa shape index (κ1) is 15.8. The van der Waals surface area contributed by atoms with Crippen molar-refractivity contribution in [2.75, 3.05) is 24.7 Å². The Morgan fingerprint density at radius 2 is 2.29 bits per heavy atom. The SMILES string of the molecule is C[C@@H]1COCCN1c1cc(I)cc(-c2c(F)ncc3[nH]ccc23)n1. The van der Waals surface area contributed by atoms with Crippen LogP contribution in [0.4, 0.5) is 10.2 Å². The molecule has 5 nitrogen and oxygen atoms in total. The van der Waals surface area contributed by atoms with Crippen LogP contribution < -0.4 is 4.90 Å². The fraction of sp³-hybridized carbons (Fsp3) is 0.294. The number of nitrogens with zero attached hydrogens (tertiary/aromatic N) is 3. The smallest absolute Gasteiger partial charge is 0.223 e. The van der Waals surface area contributed by atoms with Gasteiger partial charge in [-0.05, 0) is 47.7 Å². The summed E-state index contributed by atoms with van der Waals surface area (Å²) in [4.78, 5) is 13.9. The maximum absolute atomic E-state index is 14.5. The van der Waals surface area contributed by atoms with Crippen LogP contribution >= 0.6 is 22.6 Å². The molecule has 0 amide bonds. The van der Waals surface area contributed by atoms with Gasteiger partial charge in [0.05, 0.1) is 42.2 Å². The number of halogens is 2. The minimum Gasteiger partial charge on any atom is -0.377 e. The van der Waals surface area contributed by atoms with Gasteiger partial charge in [-0.25, -0.2) is 9.97 Å². The summed E-state index contributed by atoms with van der Waals surface area (Å²) in [6.07, 6.45) is 3.29. The number of aromatic nitrogens is 3. The van der Waals surface area contributed by atoms with Crippen LogP contribution in [0.2, 0.25) is 0 Å². The first-order valence-corrected chi connectivity index (χ1v) is 8.85. The van der Waals surface area contributed by atoms with E-state index < -0.39 is 5.95 Å². The summed E-state index contributed by atoms with van der Waals surface area (Å²) in [6.45, 7) is 4.24. The molecule has 4 rings (SSSR count). The van der Waals surface area contributed by atoms with Gasteiger partial charge in [-0.15, -0.1) is 0 Å². The number of hydrogen-bond acceptors (Lipinski definition) is 4. The van der Waals surface area contributed by atoms with Crippen LogP contribution in [-0.4, -0.2) is 40.8 Å². The van der Waals surface area contributed by atoms with E-state index in [2.05, 4.69) is 44.4 Å². The lowest BCUT2D eigenvalue weighted by molar-refractivity contribution is 0.0985. The van der Waals surface area contributed by atoms with Crippen molar-refractivity contribution >= 4 is 39.3 Å². The van der Waals surface area contributed by atoms with Gasteiger partial charge in [0.1, 0.15) is 5.82 Å². The summed E-state index contributed by atoms with van der Waals surface area (Å²) < 4.78 is 21.0. The van der Waals surface area contributed by atoms with Crippen molar-refractivity contribution in [3.05, 3.63) is 40.1 Å². The summed E-state index contributed by atoms with van der Waals surface area (Å²) >= 11 is 2.25. The number of H-pyrrole nitrogens is 1. The second kappa shape index (κ2) is 6.29. The van der Waals surface area contributed by atoms with Crippen LogP contribution in [0, 0.1) is 9.52 Å². The largest absolute Gasteiger partial charge is 0.377 e. The first-order valence-electron chi connectivity index (χ1n) is 7.77. The van der Waals surface area contributed by atoms with E-state index in [-0.39, 0.29) is 6.04 Å². The van der Waals surface area contributed by atoms with Crippen LogP contribution in [0.5, 0.6) is 0 Å². The molecule has 0 aliphatic carbocycles. The number of anilines is 1. The summed E-state index contributed by atoms with van der Waals surface area (Å²) in [6, 6.07) is 6.01. The highest BCUT2D eigenvalue weighted by Crippen LogP contribution is 2.31. The van der Waals surface area contributed by atoms with Gasteiger partial charge in [-0.3, -0.25) is 0 Å². The van der Waals surface area contributed by atoms with Gasteiger partial charge in [-0.2, -0.15) is 4.39 Å². The number of nitrogens with one attached hydrogen (secondary N) is 1. The molecule has 1 atom stereocenters. The molecule has 1 fully saturated rings. The molecule has 3 aromatic rings. The van der Waals surface area contributed by atoms with E-state index in [0.717, 1.165) is 26.8 Å². The Labute approximate surface area is 152 Å². The van der Waals surface area contributed by atoms with Crippen molar-refractivity contribution in [1.29, 1.82) is 0 Å². The van der Waals surface area contributed by atoms with Crippen LogP contribution in [0.15, 0.2) is 30.6 Å². The zero-order chi connectivity index (χ0) is 16.7. The third-order valence-electron chi connectivity index (χ3n) is 4.26. The van der Waals surface area contributed by atoms with Crippen LogP contribution in [0.1, 0.15) is 6.92 Å². The number of pyridine rings is 2. The molecule has 0 radical (unpaired) electrons. The van der Waals surface area contributed by atoms with Gasteiger partial charge in [0.2, 0.25) is 5.95 Å². The topological polar surface area (TPSA) is 54.0 Å². The Morgan fingerprint density at radius 1 is 1.42 bits per heavy atom. The van der Waals surface area contributed by atoms with Gasteiger partial charge in [0, 0.05) is 21.7 Å². The van der Waals surface area contributed by atoms with E-state index in [0.29, 0.717) is 24.5 Å². The molecule has 0 bridgehead atoms. The molecule has 0 aromatic carbocycles. The lowest BCUT2D eigenvalue weighted by Crippen LogP contribution is -2.44. The molecular formula is C17H16FIN4O. The number of rotatable bonds is 2. The highest BCUT2D eigenvalue weighted by molar-refractivity contribution is 14.1. The summed E-state index contributed by atoms with van der Waals surface area (Å²) in [5.74, 6) is 0.345. The quantitative estimate of drug-likeness (QED) is 0.491. The van der Waals surface area contributed by atoms with Crippen molar-refractivity contribution in [1.82, 2.24) is 15.0 Å². The van der Waals surface area contributed by atoms with Gasteiger partial charge >= 0.3 is 0 Å². The average Bonchev–Trinajstić information content (AvgIpc) is 3.03. The fourth-order valence-corrected chi connectivity index (χ4v) is 3.65. The predicted molar refractivity (Wildman–Crippen MR) is 99.6 cm³/mol. The Bertz CT molecular complexity index is 897. The van der Waals surface area contributed by atoms with E-state index in [1.54, 1.807) is 6.20 Å². The molecule has 0 spiro atoms. The molecule has 7 heteroatoms. The number of fused-ring (bicyclic) bond motifs is 1. The third-order valence-corrected chi connectivity index (χ3v) is 4.88. The van der Waals surface area contributed by atoms with Crippen LogP contribution in [0.25, 0.3) is 22.2 Å². The summed E-state index contributed by atoms with van der Waals surface area (Å²) in [5.41, 5.74) is 1.84. The lowest BCUT2D eigenvalue weighted by Gasteiger charge is -2.34. The Balaban J connectivity index is 1.86. The average molecular weight is 438 g/mol. The highest BCUT2D eigenvalue weighted by Gasteiger charge is 2.22. The Kier molecular flexibility index (Phi) is 4.13. The van der Waals surface area contributed by atoms with Crippen LogP contribution in [-0.2, 0) is 4.74 Å². The molecular weight excluding hydrogens is 422 g/mol. The maximum atomic E-state index is 14.5. The van der Waals surface area contributed by atoms with Gasteiger partial charge in [-0.1, -0.05) is 0 Å². The molecule has 3 aromatic heterocycles. The van der Waals surface area contributed by atoms with E-state index in [1.807, 2.05) is 18.2 Å². The monoisotopic (exact) mass is 438 g/mol. The zero-order valence-electron chi connectivity index (χ0n) is 13.1. The van der Waals surface area contributed by atoms with Crippen molar-refractivity contribution in [3.63, 3.8) is 0 Å². The lowest BCUT2D eigenvalue weighted by atomic mass is 10.1. The second-order valence-electron chi connectivity index (χ2n) is 5.88. The number of hydrogen-bond donors (Lipinski definition) is 1.